The third-order valence-corrected chi connectivity index (χ3v) is 4.14. The molecule has 2 heterocycles. The van der Waals surface area contributed by atoms with Gasteiger partial charge in [0.1, 0.15) is 0 Å². The second-order valence-corrected chi connectivity index (χ2v) is 5.93. The monoisotopic (exact) mass is 270 g/mol. The molecule has 0 aromatic rings. The first-order valence-electron chi connectivity index (χ1n) is 7.22. The summed E-state index contributed by atoms with van der Waals surface area (Å²) in [5.74, 6) is 0.248. The molecule has 19 heavy (non-hydrogen) atoms. The van der Waals surface area contributed by atoms with Crippen LogP contribution < -0.4 is 5.32 Å². The van der Waals surface area contributed by atoms with Crippen molar-refractivity contribution in [3.8, 4) is 0 Å². The Hall–Kier alpha value is -0.650. The summed E-state index contributed by atoms with van der Waals surface area (Å²) in [6, 6.07) is 0. The summed E-state index contributed by atoms with van der Waals surface area (Å²) >= 11 is 0. The molecule has 0 unspecified atom stereocenters. The summed E-state index contributed by atoms with van der Waals surface area (Å²) in [7, 11) is 1.68. The number of carbonyl (C=O) groups is 1. The molecule has 5 heteroatoms. The normalized spacial score (nSPS) is 31.2. The minimum absolute atomic E-state index is 0.119. The predicted octanol–water partition coefficient (Wildman–Crippen LogP) is 0.638. The van der Waals surface area contributed by atoms with Gasteiger partial charge in [0, 0.05) is 20.2 Å². The van der Waals surface area contributed by atoms with E-state index in [0.717, 1.165) is 25.9 Å². The fourth-order valence-corrected chi connectivity index (χ4v) is 3.28. The van der Waals surface area contributed by atoms with E-state index in [9.17, 15) is 4.79 Å². The molecule has 0 spiro atoms. The maximum Gasteiger partial charge on any atom is 0.231 e. The number of hydrogen-bond donors (Lipinski definition) is 1. The smallest absolute Gasteiger partial charge is 0.231 e. The first kappa shape index (κ1) is 14.8. The molecule has 1 amide bonds. The van der Waals surface area contributed by atoms with Gasteiger partial charge in [0.05, 0.1) is 24.2 Å². The lowest BCUT2D eigenvalue weighted by atomic mass is 9.78. The molecule has 1 N–H and O–H groups in total. The molecule has 0 bridgehead atoms. The van der Waals surface area contributed by atoms with Crippen LogP contribution in [-0.2, 0) is 14.3 Å². The second kappa shape index (κ2) is 6.20. The maximum absolute atomic E-state index is 12.9. The highest BCUT2D eigenvalue weighted by Gasteiger charge is 2.43. The van der Waals surface area contributed by atoms with Crippen LogP contribution in [-0.4, -0.2) is 62.9 Å². The molecule has 2 rings (SSSR count). The third-order valence-electron chi connectivity index (χ3n) is 4.14. The highest BCUT2D eigenvalue weighted by molar-refractivity contribution is 5.83. The van der Waals surface area contributed by atoms with Gasteiger partial charge in [-0.15, -0.1) is 0 Å². The van der Waals surface area contributed by atoms with Gasteiger partial charge in [-0.2, -0.15) is 0 Å². The van der Waals surface area contributed by atoms with E-state index >= 15 is 0 Å². The van der Waals surface area contributed by atoms with Crippen LogP contribution in [0.3, 0.4) is 0 Å². The SMILES string of the molecule is COCC1(C(=O)N2C[C@@H](C)O[C@@H](C)C2)CCNCC1. The lowest BCUT2D eigenvalue weighted by molar-refractivity contribution is -0.158. The van der Waals surface area contributed by atoms with Crippen LogP contribution in [0.4, 0.5) is 0 Å². The molecule has 2 aliphatic rings. The molecule has 0 aliphatic carbocycles. The lowest BCUT2D eigenvalue weighted by Crippen LogP contribution is -2.56. The zero-order chi connectivity index (χ0) is 13.9. The van der Waals surface area contributed by atoms with E-state index in [1.54, 1.807) is 7.11 Å². The van der Waals surface area contributed by atoms with Gasteiger partial charge in [-0.1, -0.05) is 0 Å². The number of ether oxygens (including phenoxy) is 2. The topological polar surface area (TPSA) is 50.8 Å². The average molecular weight is 270 g/mol. The van der Waals surface area contributed by atoms with Crippen LogP contribution in [0.2, 0.25) is 0 Å². The fourth-order valence-electron chi connectivity index (χ4n) is 3.28. The Morgan fingerprint density at radius 3 is 2.42 bits per heavy atom. The summed E-state index contributed by atoms with van der Waals surface area (Å²) in [4.78, 5) is 14.9. The Bertz CT molecular complexity index is 300. The Morgan fingerprint density at radius 2 is 1.89 bits per heavy atom. The van der Waals surface area contributed by atoms with Crippen molar-refractivity contribution in [1.82, 2.24) is 10.2 Å². The van der Waals surface area contributed by atoms with Gasteiger partial charge >= 0.3 is 0 Å². The molecule has 0 aromatic carbocycles. The minimum atomic E-state index is -0.337. The van der Waals surface area contributed by atoms with Gasteiger partial charge in [0.15, 0.2) is 0 Å². The number of nitrogens with zero attached hydrogens (tertiary/aromatic N) is 1. The number of rotatable bonds is 3. The molecular formula is C14H26N2O3. The van der Waals surface area contributed by atoms with E-state index in [2.05, 4.69) is 5.32 Å². The van der Waals surface area contributed by atoms with Crippen molar-refractivity contribution < 1.29 is 14.3 Å². The number of methoxy groups -OCH3 is 1. The van der Waals surface area contributed by atoms with Gasteiger partial charge in [0.25, 0.3) is 0 Å². The predicted molar refractivity (Wildman–Crippen MR) is 73.0 cm³/mol. The molecule has 110 valence electrons. The molecule has 2 saturated heterocycles. The lowest BCUT2D eigenvalue weighted by Gasteiger charge is -2.43. The first-order valence-corrected chi connectivity index (χ1v) is 7.22. The second-order valence-electron chi connectivity index (χ2n) is 5.93. The van der Waals surface area contributed by atoms with Crippen molar-refractivity contribution in [3.05, 3.63) is 0 Å². The van der Waals surface area contributed by atoms with Crippen LogP contribution >= 0.6 is 0 Å². The first-order chi connectivity index (χ1) is 9.07. The zero-order valence-corrected chi connectivity index (χ0v) is 12.3. The van der Waals surface area contributed by atoms with E-state index in [0.29, 0.717) is 19.7 Å². The number of amides is 1. The summed E-state index contributed by atoms with van der Waals surface area (Å²) in [6.45, 7) is 7.76. The number of morpholine rings is 1. The number of hydrogen-bond acceptors (Lipinski definition) is 4. The van der Waals surface area contributed by atoms with Crippen LogP contribution in [0.15, 0.2) is 0 Å². The minimum Gasteiger partial charge on any atom is -0.384 e. The third kappa shape index (κ3) is 3.27. The summed E-state index contributed by atoms with van der Waals surface area (Å²) in [6.07, 6.45) is 1.96. The van der Waals surface area contributed by atoms with Gasteiger partial charge in [-0.25, -0.2) is 0 Å². The highest BCUT2D eigenvalue weighted by atomic mass is 16.5. The summed E-state index contributed by atoms with van der Waals surface area (Å²) in [5, 5.41) is 3.32. The molecule has 2 fully saturated rings. The van der Waals surface area contributed by atoms with E-state index in [1.807, 2.05) is 18.7 Å². The summed E-state index contributed by atoms with van der Waals surface area (Å²) < 4.78 is 11.1. The molecule has 0 aromatic heterocycles. The van der Waals surface area contributed by atoms with Crippen molar-refractivity contribution in [1.29, 1.82) is 0 Å². The van der Waals surface area contributed by atoms with Crippen LogP contribution in [0.25, 0.3) is 0 Å². The molecular weight excluding hydrogens is 244 g/mol. The van der Waals surface area contributed by atoms with E-state index in [1.165, 1.54) is 0 Å². The zero-order valence-electron chi connectivity index (χ0n) is 12.3. The van der Waals surface area contributed by atoms with Gasteiger partial charge in [-0.3, -0.25) is 4.79 Å². The van der Waals surface area contributed by atoms with Crippen molar-refractivity contribution in [3.63, 3.8) is 0 Å². The largest absolute Gasteiger partial charge is 0.384 e. The Kier molecular flexibility index (Phi) is 4.81. The number of nitrogens with one attached hydrogen (secondary N) is 1. The Morgan fingerprint density at radius 1 is 1.32 bits per heavy atom. The molecule has 2 atom stereocenters. The van der Waals surface area contributed by atoms with Crippen molar-refractivity contribution in [2.45, 2.75) is 38.9 Å². The Labute approximate surface area is 115 Å². The number of piperidine rings is 1. The van der Waals surface area contributed by atoms with Crippen molar-refractivity contribution in [2.75, 3.05) is 39.9 Å². The molecule has 2 aliphatic heterocycles. The quantitative estimate of drug-likeness (QED) is 0.817. The van der Waals surface area contributed by atoms with E-state index in [4.69, 9.17) is 9.47 Å². The van der Waals surface area contributed by atoms with Gasteiger partial charge in [0.2, 0.25) is 5.91 Å². The van der Waals surface area contributed by atoms with Gasteiger partial charge < -0.3 is 19.7 Å². The maximum atomic E-state index is 12.9. The van der Waals surface area contributed by atoms with Crippen LogP contribution in [0, 0.1) is 5.41 Å². The average Bonchev–Trinajstić information content (AvgIpc) is 2.38. The van der Waals surface area contributed by atoms with E-state index in [-0.39, 0.29) is 23.5 Å². The van der Waals surface area contributed by atoms with Crippen molar-refractivity contribution >= 4 is 5.91 Å². The Balaban J connectivity index is 2.10. The van der Waals surface area contributed by atoms with E-state index < -0.39 is 0 Å². The highest BCUT2D eigenvalue weighted by Crippen LogP contribution is 2.32. The summed E-state index contributed by atoms with van der Waals surface area (Å²) in [5.41, 5.74) is -0.337. The molecule has 5 nitrogen and oxygen atoms in total. The van der Waals surface area contributed by atoms with Crippen LogP contribution in [0.1, 0.15) is 26.7 Å². The molecule has 0 saturated carbocycles. The number of carbonyl (C=O) groups excluding carboxylic acids is 1. The fraction of sp³-hybridized carbons (Fsp3) is 0.929. The standard InChI is InChI=1S/C14H26N2O3/c1-11-8-16(9-12(2)19-11)13(17)14(10-18-3)4-6-15-7-5-14/h11-12,15H,4-10H2,1-3H3/t11-,12+. The van der Waals surface area contributed by atoms with Crippen molar-refractivity contribution in [2.24, 2.45) is 5.41 Å². The van der Waals surface area contributed by atoms with Crippen LogP contribution in [0.5, 0.6) is 0 Å². The van der Waals surface area contributed by atoms with Gasteiger partial charge in [-0.05, 0) is 39.8 Å². The molecule has 0 radical (unpaired) electrons.